The highest BCUT2D eigenvalue weighted by molar-refractivity contribution is 5.51. The summed E-state index contributed by atoms with van der Waals surface area (Å²) in [6, 6.07) is 1.80. The number of tetrazole rings is 1. The van der Waals surface area contributed by atoms with E-state index in [9.17, 15) is 0 Å². The molecule has 0 saturated carbocycles. The first-order valence-electron chi connectivity index (χ1n) is 3.90. The molecule has 68 valence electrons. The summed E-state index contributed by atoms with van der Waals surface area (Å²) in [6.07, 6.45) is 3.18. The summed E-state index contributed by atoms with van der Waals surface area (Å²) in [6.45, 7) is 1.11. The maximum Gasteiger partial charge on any atom is 0.185 e. The number of nitrogens with two attached hydrogens (primary N) is 1. The summed E-state index contributed by atoms with van der Waals surface area (Å²) >= 11 is 0. The minimum absolute atomic E-state index is 0.510. The second-order valence-corrected chi connectivity index (χ2v) is 2.53. The lowest BCUT2D eigenvalue weighted by Crippen LogP contribution is -2.12. The number of rotatable bonds is 3. The molecule has 2 heterocycles. The lowest BCUT2D eigenvalue weighted by molar-refractivity contribution is 0.566. The predicted octanol–water partition coefficient (Wildman–Crippen LogP) is -0.108. The van der Waals surface area contributed by atoms with Crippen LogP contribution in [0.2, 0.25) is 0 Å². The molecule has 0 atom stereocenters. The van der Waals surface area contributed by atoms with E-state index in [1.54, 1.807) is 23.3 Å². The Morgan fingerprint density at radius 1 is 1.54 bits per heavy atom. The van der Waals surface area contributed by atoms with Crippen molar-refractivity contribution in [2.75, 3.05) is 6.54 Å². The van der Waals surface area contributed by atoms with E-state index in [4.69, 9.17) is 10.2 Å². The predicted molar refractivity (Wildman–Crippen MR) is 44.6 cm³/mol. The quantitative estimate of drug-likeness (QED) is 0.710. The number of aromatic nitrogens is 4. The van der Waals surface area contributed by atoms with E-state index < -0.39 is 0 Å². The molecule has 6 heteroatoms. The van der Waals surface area contributed by atoms with E-state index in [0.29, 0.717) is 18.9 Å². The van der Waals surface area contributed by atoms with Gasteiger partial charge in [-0.2, -0.15) is 0 Å². The number of nitrogens with zero attached hydrogens (tertiary/aromatic N) is 4. The SMILES string of the molecule is NCCn1nnnc1-c1ccoc1. The molecule has 13 heavy (non-hydrogen) atoms. The van der Waals surface area contributed by atoms with E-state index in [2.05, 4.69) is 15.5 Å². The molecule has 0 saturated heterocycles. The van der Waals surface area contributed by atoms with Gasteiger partial charge in [-0.1, -0.05) is 0 Å². The largest absolute Gasteiger partial charge is 0.472 e. The van der Waals surface area contributed by atoms with Crippen LogP contribution in [0.1, 0.15) is 0 Å². The van der Waals surface area contributed by atoms with Crippen molar-refractivity contribution in [1.82, 2.24) is 20.2 Å². The van der Waals surface area contributed by atoms with Crippen LogP contribution in [0, 0.1) is 0 Å². The molecule has 0 unspecified atom stereocenters. The van der Waals surface area contributed by atoms with E-state index in [-0.39, 0.29) is 0 Å². The maximum absolute atomic E-state index is 5.40. The first-order chi connectivity index (χ1) is 6.42. The second kappa shape index (κ2) is 3.36. The fourth-order valence-electron chi connectivity index (χ4n) is 1.08. The Morgan fingerprint density at radius 3 is 3.15 bits per heavy atom. The van der Waals surface area contributed by atoms with Crippen molar-refractivity contribution >= 4 is 0 Å². The Hall–Kier alpha value is -1.69. The van der Waals surface area contributed by atoms with Gasteiger partial charge in [0.1, 0.15) is 6.26 Å². The standard InChI is InChI=1S/C7H9N5O/c8-2-3-12-7(9-10-11-12)6-1-4-13-5-6/h1,4-5H,2-3,8H2. The Balaban J connectivity index is 2.35. The second-order valence-electron chi connectivity index (χ2n) is 2.53. The number of hydrogen-bond donors (Lipinski definition) is 1. The first kappa shape index (κ1) is 7.93. The maximum atomic E-state index is 5.40. The molecule has 0 aliphatic heterocycles. The molecule has 0 amide bonds. The smallest absolute Gasteiger partial charge is 0.185 e. The van der Waals surface area contributed by atoms with Gasteiger partial charge in [-0.15, -0.1) is 5.10 Å². The number of hydrogen-bond acceptors (Lipinski definition) is 5. The average Bonchev–Trinajstić information content (AvgIpc) is 2.71. The zero-order valence-electron chi connectivity index (χ0n) is 6.92. The van der Waals surface area contributed by atoms with Crippen LogP contribution in [-0.2, 0) is 6.54 Å². The minimum atomic E-state index is 0.510. The van der Waals surface area contributed by atoms with Crippen molar-refractivity contribution in [3.63, 3.8) is 0 Å². The molecule has 6 nitrogen and oxygen atoms in total. The average molecular weight is 179 g/mol. The third kappa shape index (κ3) is 1.43. The Morgan fingerprint density at radius 2 is 2.46 bits per heavy atom. The zero-order chi connectivity index (χ0) is 9.10. The number of furan rings is 1. The third-order valence-corrected chi connectivity index (χ3v) is 1.65. The highest BCUT2D eigenvalue weighted by Crippen LogP contribution is 2.14. The minimum Gasteiger partial charge on any atom is -0.472 e. The highest BCUT2D eigenvalue weighted by Gasteiger charge is 2.08. The van der Waals surface area contributed by atoms with Crippen LogP contribution in [0.15, 0.2) is 23.0 Å². The Bertz CT molecular complexity index is 366. The highest BCUT2D eigenvalue weighted by atomic mass is 16.3. The van der Waals surface area contributed by atoms with Gasteiger partial charge in [0.25, 0.3) is 0 Å². The lowest BCUT2D eigenvalue weighted by atomic mass is 10.3. The molecule has 0 bridgehead atoms. The normalized spacial score (nSPS) is 10.5. The summed E-state index contributed by atoms with van der Waals surface area (Å²) in [5, 5.41) is 11.2. The molecule has 0 aliphatic carbocycles. The van der Waals surface area contributed by atoms with Crippen LogP contribution in [-0.4, -0.2) is 26.8 Å². The summed E-state index contributed by atoms with van der Waals surface area (Å²) in [4.78, 5) is 0. The summed E-state index contributed by atoms with van der Waals surface area (Å²) < 4.78 is 6.57. The summed E-state index contributed by atoms with van der Waals surface area (Å²) in [5.41, 5.74) is 6.26. The van der Waals surface area contributed by atoms with E-state index in [0.717, 1.165) is 5.56 Å². The van der Waals surface area contributed by atoms with Gasteiger partial charge in [0.05, 0.1) is 18.4 Å². The molecule has 2 N–H and O–H groups in total. The molecule has 0 aromatic carbocycles. The molecular weight excluding hydrogens is 170 g/mol. The first-order valence-corrected chi connectivity index (χ1v) is 3.90. The van der Waals surface area contributed by atoms with Crippen LogP contribution in [0.3, 0.4) is 0 Å². The van der Waals surface area contributed by atoms with E-state index in [1.807, 2.05) is 0 Å². The van der Waals surface area contributed by atoms with Crippen LogP contribution >= 0.6 is 0 Å². The molecular formula is C7H9N5O. The summed E-state index contributed by atoms with van der Waals surface area (Å²) in [5.74, 6) is 0.680. The Labute approximate surface area is 74.3 Å². The van der Waals surface area contributed by atoms with E-state index >= 15 is 0 Å². The van der Waals surface area contributed by atoms with Crippen molar-refractivity contribution in [2.24, 2.45) is 5.73 Å². The van der Waals surface area contributed by atoms with Crippen LogP contribution in [0.5, 0.6) is 0 Å². The molecule has 2 aromatic heterocycles. The fourth-order valence-corrected chi connectivity index (χ4v) is 1.08. The topological polar surface area (TPSA) is 82.8 Å². The van der Waals surface area contributed by atoms with Crippen LogP contribution in [0.25, 0.3) is 11.4 Å². The van der Waals surface area contributed by atoms with Crippen molar-refractivity contribution in [3.8, 4) is 11.4 Å². The van der Waals surface area contributed by atoms with Gasteiger partial charge in [0.2, 0.25) is 0 Å². The van der Waals surface area contributed by atoms with Gasteiger partial charge in [-0.05, 0) is 16.5 Å². The molecule has 0 radical (unpaired) electrons. The van der Waals surface area contributed by atoms with Crippen molar-refractivity contribution < 1.29 is 4.42 Å². The molecule has 2 rings (SSSR count). The van der Waals surface area contributed by atoms with Crippen molar-refractivity contribution in [2.45, 2.75) is 6.54 Å². The summed E-state index contributed by atoms with van der Waals surface area (Å²) in [7, 11) is 0. The van der Waals surface area contributed by atoms with Crippen molar-refractivity contribution in [3.05, 3.63) is 18.6 Å². The Kier molecular flexibility index (Phi) is 2.05. The van der Waals surface area contributed by atoms with Gasteiger partial charge in [-0.3, -0.25) is 0 Å². The third-order valence-electron chi connectivity index (χ3n) is 1.65. The fraction of sp³-hybridized carbons (Fsp3) is 0.286. The molecule has 2 aromatic rings. The lowest BCUT2D eigenvalue weighted by Gasteiger charge is -1.98. The zero-order valence-corrected chi connectivity index (χ0v) is 6.92. The van der Waals surface area contributed by atoms with Crippen LogP contribution < -0.4 is 5.73 Å². The van der Waals surface area contributed by atoms with Gasteiger partial charge in [-0.25, -0.2) is 4.68 Å². The van der Waals surface area contributed by atoms with Gasteiger partial charge in [0, 0.05) is 6.54 Å². The van der Waals surface area contributed by atoms with Gasteiger partial charge < -0.3 is 10.2 Å². The van der Waals surface area contributed by atoms with Gasteiger partial charge >= 0.3 is 0 Å². The van der Waals surface area contributed by atoms with Crippen molar-refractivity contribution in [1.29, 1.82) is 0 Å². The molecule has 0 spiro atoms. The monoisotopic (exact) mass is 179 g/mol. The van der Waals surface area contributed by atoms with Gasteiger partial charge in [0.15, 0.2) is 5.82 Å². The molecule has 0 fully saturated rings. The van der Waals surface area contributed by atoms with E-state index in [1.165, 1.54) is 0 Å². The molecule has 0 aliphatic rings. The van der Waals surface area contributed by atoms with Crippen LogP contribution in [0.4, 0.5) is 0 Å².